The smallest absolute Gasteiger partial charge is 0.223 e. The van der Waals surface area contributed by atoms with Gasteiger partial charge in [0.1, 0.15) is 5.75 Å². The molecule has 1 aliphatic rings. The fourth-order valence-corrected chi connectivity index (χ4v) is 3.20. The van der Waals surface area contributed by atoms with Crippen molar-refractivity contribution in [2.75, 3.05) is 13.7 Å². The van der Waals surface area contributed by atoms with Gasteiger partial charge in [0.2, 0.25) is 5.91 Å². The van der Waals surface area contributed by atoms with E-state index in [1.165, 1.54) is 0 Å². The molecule has 2 heterocycles. The van der Waals surface area contributed by atoms with Gasteiger partial charge < -0.3 is 14.2 Å². The topological polar surface area (TPSA) is 55.6 Å². The van der Waals surface area contributed by atoms with Crippen molar-refractivity contribution in [1.82, 2.24) is 10.1 Å². The summed E-state index contributed by atoms with van der Waals surface area (Å²) in [5, 5.41) is 4.06. The number of rotatable bonds is 6. The number of carbonyl (C=O) groups excluding carboxylic acids is 1. The van der Waals surface area contributed by atoms with E-state index in [9.17, 15) is 4.79 Å². The summed E-state index contributed by atoms with van der Waals surface area (Å²) in [6.45, 7) is 2.85. The Morgan fingerprint density at radius 1 is 1.38 bits per heavy atom. The van der Waals surface area contributed by atoms with Crippen molar-refractivity contribution in [3.05, 3.63) is 47.3 Å². The molecule has 0 bridgehead atoms. The lowest BCUT2D eigenvalue weighted by Crippen LogP contribution is -2.30. The zero-order chi connectivity index (χ0) is 16.9. The van der Waals surface area contributed by atoms with Gasteiger partial charge >= 0.3 is 0 Å². The minimum absolute atomic E-state index is 0.0427. The first-order valence-corrected chi connectivity index (χ1v) is 8.59. The van der Waals surface area contributed by atoms with Crippen LogP contribution in [0.1, 0.15) is 49.2 Å². The molecule has 3 rings (SSSR count). The first-order valence-electron chi connectivity index (χ1n) is 8.59. The molecule has 0 radical (unpaired) electrons. The first kappa shape index (κ1) is 16.6. The standard InChI is InChI=1S/C19H24N2O3/c1-3-15-13-18(24-20-15)17-5-4-12-21(17)19(22)11-8-14-6-9-16(23-2)10-7-14/h6-7,9-10,13,17H,3-5,8,11-12H2,1-2H3. The number of hydrogen-bond donors (Lipinski definition) is 0. The van der Waals surface area contributed by atoms with Gasteiger partial charge in [-0.1, -0.05) is 24.2 Å². The van der Waals surface area contributed by atoms with Gasteiger partial charge in [-0.25, -0.2) is 0 Å². The molecule has 1 saturated heterocycles. The van der Waals surface area contributed by atoms with Crippen molar-refractivity contribution < 1.29 is 14.1 Å². The second-order valence-electron chi connectivity index (χ2n) is 6.17. The van der Waals surface area contributed by atoms with Crippen LogP contribution in [0.25, 0.3) is 0 Å². The number of ether oxygens (including phenoxy) is 1. The molecule has 128 valence electrons. The molecule has 24 heavy (non-hydrogen) atoms. The maximum atomic E-state index is 12.6. The Balaban J connectivity index is 1.60. The maximum absolute atomic E-state index is 12.6. The molecular formula is C19H24N2O3. The van der Waals surface area contributed by atoms with Crippen LogP contribution in [-0.4, -0.2) is 29.6 Å². The van der Waals surface area contributed by atoms with Crippen molar-refractivity contribution in [3.8, 4) is 5.75 Å². The summed E-state index contributed by atoms with van der Waals surface area (Å²) in [6.07, 6.45) is 4.07. The fourth-order valence-electron chi connectivity index (χ4n) is 3.20. The average Bonchev–Trinajstić information content (AvgIpc) is 3.28. The number of methoxy groups -OCH3 is 1. The van der Waals surface area contributed by atoms with Crippen LogP contribution in [0, 0.1) is 0 Å². The monoisotopic (exact) mass is 328 g/mol. The first-order chi connectivity index (χ1) is 11.7. The number of nitrogens with zero attached hydrogens (tertiary/aromatic N) is 2. The average molecular weight is 328 g/mol. The number of aromatic nitrogens is 1. The van der Waals surface area contributed by atoms with Crippen molar-refractivity contribution >= 4 is 5.91 Å². The predicted molar refractivity (Wildman–Crippen MR) is 90.9 cm³/mol. The Hall–Kier alpha value is -2.30. The third kappa shape index (κ3) is 3.61. The Morgan fingerprint density at radius 2 is 2.17 bits per heavy atom. The molecule has 1 atom stereocenters. The van der Waals surface area contributed by atoms with Gasteiger partial charge in [-0.2, -0.15) is 0 Å². The van der Waals surface area contributed by atoms with Gasteiger partial charge in [-0.3, -0.25) is 4.79 Å². The second-order valence-corrected chi connectivity index (χ2v) is 6.17. The fraction of sp³-hybridized carbons (Fsp3) is 0.474. The third-order valence-corrected chi connectivity index (χ3v) is 4.63. The Bertz CT molecular complexity index is 678. The summed E-state index contributed by atoms with van der Waals surface area (Å²) in [7, 11) is 1.65. The highest BCUT2D eigenvalue weighted by molar-refractivity contribution is 5.77. The molecule has 0 aliphatic carbocycles. The van der Waals surface area contributed by atoms with E-state index in [0.717, 1.165) is 55.0 Å². The van der Waals surface area contributed by atoms with Gasteiger partial charge in [0.05, 0.1) is 18.8 Å². The molecule has 0 spiro atoms. The second kappa shape index (κ2) is 7.51. The number of aryl methyl sites for hydroxylation is 2. The zero-order valence-corrected chi connectivity index (χ0v) is 14.3. The van der Waals surface area contributed by atoms with Gasteiger partial charge in [0.25, 0.3) is 0 Å². The van der Waals surface area contributed by atoms with E-state index in [0.29, 0.717) is 6.42 Å². The minimum atomic E-state index is 0.0427. The van der Waals surface area contributed by atoms with E-state index in [1.807, 2.05) is 42.2 Å². The van der Waals surface area contributed by atoms with Crippen LogP contribution in [-0.2, 0) is 17.6 Å². The summed E-state index contributed by atoms with van der Waals surface area (Å²) >= 11 is 0. The summed E-state index contributed by atoms with van der Waals surface area (Å²) < 4.78 is 10.6. The lowest BCUT2D eigenvalue weighted by Gasteiger charge is -2.22. The van der Waals surface area contributed by atoms with Crippen LogP contribution in [0.2, 0.25) is 0 Å². The summed E-state index contributed by atoms with van der Waals surface area (Å²) in [5.74, 6) is 1.84. The van der Waals surface area contributed by atoms with Crippen LogP contribution < -0.4 is 4.74 Å². The van der Waals surface area contributed by atoms with Gasteiger partial charge in [-0.15, -0.1) is 0 Å². The number of amides is 1. The summed E-state index contributed by atoms with van der Waals surface area (Å²) in [6, 6.07) is 9.91. The quantitative estimate of drug-likeness (QED) is 0.814. The number of likely N-dealkylation sites (tertiary alicyclic amines) is 1. The molecule has 1 aromatic heterocycles. The van der Waals surface area contributed by atoms with Crippen LogP contribution in [0.5, 0.6) is 5.75 Å². The third-order valence-electron chi connectivity index (χ3n) is 4.63. The summed E-state index contributed by atoms with van der Waals surface area (Å²) in [4.78, 5) is 14.6. The Morgan fingerprint density at radius 3 is 2.83 bits per heavy atom. The maximum Gasteiger partial charge on any atom is 0.223 e. The highest BCUT2D eigenvalue weighted by atomic mass is 16.5. The van der Waals surface area contributed by atoms with Crippen molar-refractivity contribution in [2.45, 2.75) is 45.1 Å². The lowest BCUT2D eigenvalue weighted by molar-refractivity contribution is -0.132. The zero-order valence-electron chi connectivity index (χ0n) is 14.3. The molecule has 1 aromatic carbocycles. The van der Waals surface area contributed by atoms with E-state index in [2.05, 4.69) is 5.16 Å². The van der Waals surface area contributed by atoms with E-state index in [-0.39, 0.29) is 11.9 Å². The van der Waals surface area contributed by atoms with Crippen LogP contribution in [0.3, 0.4) is 0 Å². The molecule has 1 amide bonds. The molecule has 1 aliphatic heterocycles. The SMILES string of the molecule is CCc1cc(C2CCCN2C(=O)CCc2ccc(OC)cc2)on1. The van der Waals surface area contributed by atoms with E-state index >= 15 is 0 Å². The number of carbonyl (C=O) groups is 1. The van der Waals surface area contributed by atoms with Crippen molar-refractivity contribution in [3.63, 3.8) is 0 Å². The number of hydrogen-bond acceptors (Lipinski definition) is 4. The lowest BCUT2D eigenvalue weighted by atomic mass is 10.1. The molecule has 5 heteroatoms. The molecular weight excluding hydrogens is 304 g/mol. The van der Waals surface area contributed by atoms with Crippen LogP contribution in [0.15, 0.2) is 34.9 Å². The summed E-state index contributed by atoms with van der Waals surface area (Å²) in [5.41, 5.74) is 2.09. The molecule has 2 aromatic rings. The molecule has 0 N–H and O–H groups in total. The van der Waals surface area contributed by atoms with E-state index in [1.54, 1.807) is 7.11 Å². The number of benzene rings is 1. The minimum Gasteiger partial charge on any atom is -0.497 e. The molecule has 1 fully saturated rings. The van der Waals surface area contributed by atoms with Crippen LogP contribution in [0.4, 0.5) is 0 Å². The normalized spacial score (nSPS) is 17.2. The van der Waals surface area contributed by atoms with Crippen molar-refractivity contribution in [1.29, 1.82) is 0 Å². The van der Waals surface area contributed by atoms with Gasteiger partial charge in [0.15, 0.2) is 5.76 Å². The highest BCUT2D eigenvalue weighted by Crippen LogP contribution is 2.33. The Kier molecular flexibility index (Phi) is 5.18. The molecule has 0 saturated carbocycles. The van der Waals surface area contributed by atoms with Crippen LogP contribution >= 0.6 is 0 Å². The molecule has 5 nitrogen and oxygen atoms in total. The largest absolute Gasteiger partial charge is 0.497 e. The molecule has 1 unspecified atom stereocenters. The van der Waals surface area contributed by atoms with Crippen molar-refractivity contribution in [2.24, 2.45) is 0 Å². The van der Waals surface area contributed by atoms with E-state index in [4.69, 9.17) is 9.26 Å². The Labute approximate surface area is 142 Å². The van der Waals surface area contributed by atoms with Gasteiger partial charge in [-0.05, 0) is 43.4 Å². The van der Waals surface area contributed by atoms with E-state index < -0.39 is 0 Å². The predicted octanol–water partition coefficient (Wildman–Crippen LogP) is 3.54. The van der Waals surface area contributed by atoms with Gasteiger partial charge in [0, 0.05) is 19.0 Å². The highest BCUT2D eigenvalue weighted by Gasteiger charge is 2.32.